The van der Waals surface area contributed by atoms with Crippen LogP contribution in [0.3, 0.4) is 0 Å². The molecule has 0 aromatic heterocycles. The third-order valence-corrected chi connectivity index (χ3v) is 6.47. The molecule has 0 bridgehead atoms. The Hall–Kier alpha value is -4.31. The molecule has 0 unspecified atom stereocenters. The van der Waals surface area contributed by atoms with E-state index in [1.807, 2.05) is 66.7 Å². The van der Waals surface area contributed by atoms with Crippen molar-refractivity contribution >= 4 is 5.90 Å². The van der Waals surface area contributed by atoms with Gasteiger partial charge in [0.1, 0.15) is 12.1 Å². The molecule has 1 fully saturated rings. The Morgan fingerprint density at radius 3 is 1.60 bits per heavy atom. The van der Waals surface area contributed by atoms with Gasteiger partial charge in [-0.3, -0.25) is 0 Å². The van der Waals surface area contributed by atoms with Gasteiger partial charge in [-0.1, -0.05) is 121 Å². The Labute approximate surface area is 205 Å². The van der Waals surface area contributed by atoms with Gasteiger partial charge in [-0.05, 0) is 22.3 Å². The van der Waals surface area contributed by atoms with Crippen LogP contribution in [0.1, 0.15) is 46.5 Å². The van der Waals surface area contributed by atoms with E-state index in [-0.39, 0.29) is 24.3 Å². The third kappa shape index (κ3) is 4.43. The van der Waals surface area contributed by atoms with E-state index >= 15 is 0 Å². The molecule has 4 nitrogen and oxygen atoms in total. The monoisotopic (exact) mass is 458 g/mol. The standard InChI is InChI=1S/C31H26N2O2/c1-5-13-22(14-6-1)28-30(24-17-9-3-10-18-24)34-26(32-28)21-27-33-29(23-15-7-2-8-16-23)31(35-27)25-19-11-4-12-20-25/h1-21,28-32H/b26-21+/t28-,29-,30-,31-/m0/s1. The molecule has 0 radical (unpaired) electrons. The van der Waals surface area contributed by atoms with E-state index in [1.54, 1.807) is 0 Å². The summed E-state index contributed by atoms with van der Waals surface area (Å²) < 4.78 is 12.9. The summed E-state index contributed by atoms with van der Waals surface area (Å²) in [5.74, 6) is 1.22. The van der Waals surface area contributed by atoms with E-state index < -0.39 is 0 Å². The zero-order valence-electron chi connectivity index (χ0n) is 19.2. The molecule has 4 aromatic carbocycles. The Bertz CT molecular complexity index is 1270. The van der Waals surface area contributed by atoms with E-state index in [1.165, 1.54) is 5.56 Å². The maximum atomic E-state index is 6.45. The summed E-state index contributed by atoms with van der Waals surface area (Å²) >= 11 is 0. The van der Waals surface area contributed by atoms with Gasteiger partial charge < -0.3 is 14.8 Å². The highest BCUT2D eigenvalue weighted by atomic mass is 16.5. The Kier molecular flexibility index (Phi) is 5.77. The van der Waals surface area contributed by atoms with Crippen molar-refractivity contribution in [2.45, 2.75) is 24.3 Å². The molecular formula is C31H26N2O2. The van der Waals surface area contributed by atoms with Gasteiger partial charge in [0.25, 0.3) is 0 Å². The lowest BCUT2D eigenvalue weighted by atomic mass is 9.97. The first-order valence-corrected chi connectivity index (χ1v) is 11.9. The van der Waals surface area contributed by atoms with Gasteiger partial charge in [0, 0.05) is 0 Å². The molecule has 0 spiro atoms. The molecule has 2 heterocycles. The smallest absolute Gasteiger partial charge is 0.215 e. The maximum absolute atomic E-state index is 6.45. The van der Waals surface area contributed by atoms with E-state index in [2.05, 4.69) is 66.0 Å². The van der Waals surface area contributed by atoms with Crippen molar-refractivity contribution in [3.8, 4) is 0 Å². The van der Waals surface area contributed by atoms with Crippen LogP contribution in [0.5, 0.6) is 0 Å². The predicted octanol–water partition coefficient (Wildman–Crippen LogP) is 6.84. The van der Waals surface area contributed by atoms with E-state index in [9.17, 15) is 0 Å². The number of hydrogen-bond donors (Lipinski definition) is 1. The molecule has 0 amide bonds. The minimum atomic E-state index is -0.193. The van der Waals surface area contributed by atoms with E-state index in [0.717, 1.165) is 16.7 Å². The Morgan fingerprint density at radius 1 is 0.543 bits per heavy atom. The van der Waals surface area contributed by atoms with Crippen molar-refractivity contribution in [3.63, 3.8) is 0 Å². The van der Waals surface area contributed by atoms with Gasteiger partial charge in [0.05, 0.1) is 12.1 Å². The molecule has 0 aliphatic carbocycles. The molecule has 2 aliphatic rings. The van der Waals surface area contributed by atoms with Gasteiger partial charge >= 0.3 is 0 Å². The lowest BCUT2D eigenvalue weighted by Gasteiger charge is -2.18. The van der Waals surface area contributed by atoms with E-state index in [4.69, 9.17) is 14.5 Å². The first kappa shape index (κ1) is 21.2. The normalized spacial score (nSPS) is 24.3. The second-order valence-electron chi connectivity index (χ2n) is 8.76. The summed E-state index contributed by atoms with van der Waals surface area (Å²) in [7, 11) is 0. The number of rotatable bonds is 5. The summed E-state index contributed by atoms with van der Waals surface area (Å²) in [5.41, 5.74) is 4.52. The molecule has 1 N–H and O–H groups in total. The molecule has 0 saturated carbocycles. The Morgan fingerprint density at radius 2 is 1.03 bits per heavy atom. The number of hydrogen-bond acceptors (Lipinski definition) is 4. The highest BCUT2D eigenvalue weighted by molar-refractivity contribution is 5.90. The van der Waals surface area contributed by atoms with Crippen molar-refractivity contribution in [1.29, 1.82) is 0 Å². The summed E-state index contributed by atoms with van der Waals surface area (Å²) in [6.07, 6.45) is 1.54. The van der Waals surface area contributed by atoms with Crippen LogP contribution in [0.25, 0.3) is 0 Å². The number of nitrogens with zero attached hydrogens (tertiary/aromatic N) is 1. The van der Waals surface area contributed by atoms with Crippen LogP contribution in [-0.4, -0.2) is 5.90 Å². The van der Waals surface area contributed by atoms with Crippen LogP contribution >= 0.6 is 0 Å². The lowest BCUT2D eigenvalue weighted by Crippen LogP contribution is -2.17. The zero-order valence-corrected chi connectivity index (χ0v) is 19.2. The van der Waals surface area contributed by atoms with Gasteiger partial charge in [0.2, 0.25) is 5.90 Å². The fourth-order valence-electron chi connectivity index (χ4n) is 4.77. The average Bonchev–Trinajstić information content (AvgIpc) is 3.56. The molecule has 4 heteroatoms. The second kappa shape index (κ2) is 9.51. The molecular weight excluding hydrogens is 432 g/mol. The second-order valence-corrected chi connectivity index (χ2v) is 8.76. The van der Waals surface area contributed by atoms with Crippen molar-refractivity contribution in [3.05, 3.63) is 156 Å². The first-order valence-electron chi connectivity index (χ1n) is 11.9. The first-order chi connectivity index (χ1) is 17.3. The predicted molar refractivity (Wildman–Crippen MR) is 138 cm³/mol. The van der Waals surface area contributed by atoms with Gasteiger partial charge in [-0.2, -0.15) is 0 Å². The summed E-state index contributed by atoms with van der Waals surface area (Å²) in [5, 5.41) is 3.57. The highest BCUT2D eigenvalue weighted by Crippen LogP contribution is 2.42. The molecule has 35 heavy (non-hydrogen) atoms. The SMILES string of the molecule is C(/C1=N[C@@H](c2ccccc2)[C@H](c2ccccc2)O1)=C1/N[C@@H](c2ccccc2)[C@H](c2ccccc2)O1. The van der Waals surface area contributed by atoms with Gasteiger partial charge in [-0.25, -0.2) is 4.99 Å². The van der Waals surface area contributed by atoms with Crippen LogP contribution in [0.15, 0.2) is 138 Å². The van der Waals surface area contributed by atoms with Crippen molar-refractivity contribution in [2.24, 2.45) is 4.99 Å². The molecule has 4 aromatic rings. The summed E-state index contributed by atoms with van der Waals surface area (Å²) in [6.45, 7) is 0. The molecule has 172 valence electrons. The number of ether oxygens (including phenoxy) is 2. The van der Waals surface area contributed by atoms with Crippen LogP contribution in [0.2, 0.25) is 0 Å². The quantitative estimate of drug-likeness (QED) is 0.356. The Balaban J connectivity index is 1.33. The maximum Gasteiger partial charge on any atom is 0.215 e. The van der Waals surface area contributed by atoms with Crippen molar-refractivity contribution in [1.82, 2.24) is 5.32 Å². The van der Waals surface area contributed by atoms with Gasteiger partial charge in [-0.15, -0.1) is 0 Å². The average molecular weight is 459 g/mol. The van der Waals surface area contributed by atoms with Crippen LogP contribution in [0.4, 0.5) is 0 Å². The molecule has 6 rings (SSSR count). The minimum absolute atomic E-state index is 0.0123. The van der Waals surface area contributed by atoms with Crippen LogP contribution < -0.4 is 5.32 Å². The third-order valence-electron chi connectivity index (χ3n) is 6.47. The number of aliphatic imine (C=N–C) groups is 1. The number of benzene rings is 4. The minimum Gasteiger partial charge on any atom is -0.468 e. The molecule has 2 aliphatic heterocycles. The largest absolute Gasteiger partial charge is 0.468 e. The lowest BCUT2D eigenvalue weighted by molar-refractivity contribution is 0.150. The topological polar surface area (TPSA) is 42.8 Å². The highest BCUT2D eigenvalue weighted by Gasteiger charge is 2.37. The molecule has 1 saturated heterocycles. The fraction of sp³-hybridized carbons (Fsp3) is 0.129. The fourth-order valence-corrected chi connectivity index (χ4v) is 4.77. The van der Waals surface area contributed by atoms with Crippen LogP contribution in [0, 0.1) is 0 Å². The number of nitrogens with one attached hydrogen (secondary N) is 1. The summed E-state index contributed by atoms with van der Waals surface area (Å²) in [6, 6.07) is 41.1. The van der Waals surface area contributed by atoms with Crippen LogP contribution in [-0.2, 0) is 9.47 Å². The van der Waals surface area contributed by atoms with Crippen molar-refractivity contribution in [2.75, 3.05) is 0 Å². The zero-order chi connectivity index (χ0) is 23.5. The van der Waals surface area contributed by atoms with E-state index in [0.29, 0.717) is 11.8 Å². The van der Waals surface area contributed by atoms with Crippen molar-refractivity contribution < 1.29 is 9.47 Å². The van der Waals surface area contributed by atoms with Gasteiger partial charge in [0.15, 0.2) is 12.0 Å². The summed E-state index contributed by atoms with van der Waals surface area (Å²) in [4.78, 5) is 4.97. The molecule has 4 atom stereocenters.